The Morgan fingerprint density at radius 2 is 2.00 bits per heavy atom. The summed E-state index contributed by atoms with van der Waals surface area (Å²) in [6.07, 6.45) is 1.69. The average Bonchev–Trinajstić information content (AvgIpc) is 2.97. The predicted molar refractivity (Wildman–Crippen MR) is 117 cm³/mol. The van der Waals surface area contributed by atoms with Crippen molar-refractivity contribution in [3.8, 4) is 5.75 Å². The number of nitrogens with zero attached hydrogens (tertiary/aromatic N) is 2. The zero-order chi connectivity index (χ0) is 19.4. The van der Waals surface area contributed by atoms with Gasteiger partial charge in [-0.05, 0) is 62.0 Å². The molecule has 3 rings (SSSR count). The lowest BCUT2D eigenvalue weighted by atomic mass is 10.1. The van der Waals surface area contributed by atoms with Crippen molar-refractivity contribution in [1.29, 1.82) is 0 Å². The Kier molecular flexibility index (Phi) is 6.23. The number of anilines is 1. The van der Waals surface area contributed by atoms with E-state index in [4.69, 9.17) is 0 Å². The highest BCUT2D eigenvalue weighted by molar-refractivity contribution is 9.10. The average molecular weight is 446 g/mol. The van der Waals surface area contributed by atoms with Crippen LogP contribution in [0, 0.1) is 0 Å². The third kappa shape index (κ3) is 4.73. The van der Waals surface area contributed by atoms with E-state index in [1.54, 1.807) is 12.1 Å². The first-order valence-corrected chi connectivity index (χ1v) is 10.2. The van der Waals surface area contributed by atoms with Gasteiger partial charge in [0, 0.05) is 34.9 Å². The Balaban J connectivity index is 1.82. The SMILES string of the molecule is CCN(CC)c1ccc(/C=C2\SC(=Nc3cccc(Br)c3)NC2=O)c(O)c1. The van der Waals surface area contributed by atoms with Gasteiger partial charge in [-0.3, -0.25) is 4.79 Å². The van der Waals surface area contributed by atoms with Crippen molar-refractivity contribution in [2.75, 3.05) is 18.0 Å². The molecule has 0 radical (unpaired) electrons. The molecule has 140 valence electrons. The molecule has 0 saturated carbocycles. The summed E-state index contributed by atoms with van der Waals surface area (Å²) in [7, 11) is 0. The van der Waals surface area contributed by atoms with Gasteiger partial charge >= 0.3 is 0 Å². The summed E-state index contributed by atoms with van der Waals surface area (Å²) in [5.74, 6) is -0.0707. The van der Waals surface area contributed by atoms with Gasteiger partial charge in [0.2, 0.25) is 0 Å². The quantitative estimate of drug-likeness (QED) is 0.642. The van der Waals surface area contributed by atoms with Crippen molar-refractivity contribution in [3.63, 3.8) is 0 Å². The fourth-order valence-corrected chi connectivity index (χ4v) is 3.94. The highest BCUT2D eigenvalue weighted by Gasteiger charge is 2.24. The monoisotopic (exact) mass is 445 g/mol. The molecule has 2 N–H and O–H groups in total. The van der Waals surface area contributed by atoms with E-state index in [0.717, 1.165) is 28.9 Å². The van der Waals surface area contributed by atoms with E-state index < -0.39 is 0 Å². The van der Waals surface area contributed by atoms with Crippen LogP contribution in [-0.4, -0.2) is 29.3 Å². The van der Waals surface area contributed by atoms with Gasteiger partial charge in [0.15, 0.2) is 5.17 Å². The zero-order valence-electron chi connectivity index (χ0n) is 15.1. The molecule has 1 amide bonds. The molecule has 0 spiro atoms. The molecule has 27 heavy (non-hydrogen) atoms. The number of benzene rings is 2. The van der Waals surface area contributed by atoms with Crippen LogP contribution in [0.2, 0.25) is 0 Å². The lowest BCUT2D eigenvalue weighted by Crippen LogP contribution is -2.21. The van der Waals surface area contributed by atoms with Gasteiger partial charge in [0.25, 0.3) is 5.91 Å². The van der Waals surface area contributed by atoms with E-state index in [9.17, 15) is 9.90 Å². The molecule has 1 aliphatic rings. The second kappa shape index (κ2) is 8.63. The molecule has 0 aromatic heterocycles. The van der Waals surface area contributed by atoms with Gasteiger partial charge in [0.1, 0.15) is 5.75 Å². The van der Waals surface area contributed by atoms with Crippen molar-refractivity contribution >= 4 is 56.2 Å². The Morgan fingerprint density at radius 3 is 2.67 bits per heavy atom. The van der Waals surface area contributed by atoms with Crippen LogP contribution in [0.1, 0.15) is 19.4 Å². The maximum atomic E-state index is 12.2. The molecule has 2 aromatic rings. The summed E-state index contributed by atoms with van der Waals surface area (Å²) in [5, 5.41) is 13.6. The van der Waals surface area contributed by atoms with E-state index in [1.165, 1.54) is 11.8 Å². The van der Waals surface area contributed by atoms with Crippen molar-refractivity contribution in [2.24, 2.45) is 4.99 Å². The molecule has 1 aliphatic heterocycles. The lowest BCUT2D eigenvalue weighted by molar-refractivity contribution is -0.115. The van der Waals surface area contributed by atoms with Crippen molar-refractivity contribution in [3.05, 3.63) is 57.4 Å². The molecule has 5 nitrogen and oxygen atoms in total. The van der Waals surface area contributed by atoms with Gasteiger partial charge in [-0.2, -0.15) is 0 Å². The van der Waals surface area contributed by atoms with E-state index in [1.807, 2.05) is 36.4 Å². The number of phenolic OH excluding ortho intramolecular Hbond substituents is 1. The van der Waals surface area contributed by atoms with E-state index >= 15 is 0 Å². The third-order valence-electron chi connectivity index (χ3n) is 4.12. The molecule has 1 saturated heterocycles. The van der Waals surface area contributed by atoms with Crippen LogP contribution in [0.15, 0.2) is 56.8 Å². The number of aliphatic imine (C=N–C) groups is 1. The molecule has 1 heterocycles. The number of nitrogens with one attached hydrogen (secondary N) is 1. The highest BCUT2D eigenvalue weighted by Crippen LogP contribution is 2.32. The number of halogens is 1. The van der Waals surface area contributed by atoms with Crippen molar-refractivity contribution < 1.29 is 9.90 Å². The minimum Gasteiger partial charge on any atom is -0.507 e. The van der Waals surface area contributed by atoms with E-state index in [0.29, 0.717) is 15.6 Å². The van der Waals surface area contributed by atoms with Crippen LogP contribution in [0.25, 0.3) is 6.08 Å². The molecule has 0 bridgehead atoms. The molecule has 0 unspecified atom stereocenters. The first-order valence-electron chi connectivity index (χ1n) is 8.63. The number of rotatable bonds is 5. The number of hydrogen-bond donors (Lipinski definition) is 2. The molecule has 0 atom stereocenters. The first-order chi connectivity index (χ1) is 13.0. The van der Waals surface area contributed by atoms with Crippen molar-refractivity contribution in [1.82, 2.24) is 5.32 Å². The Bertz CT molecular complexity index is 923. The molecular formula is C20H20BrN3O2S. The Hall–Kier alpha value is -2.25. The van der Waals surface area contributed by atoms with Gasteiger partial charge in [-0.25, -0.2) is 4.99 Å². The second-order valence-corrected chi connectivity index (χ2v) is 7.82. The summed E-state index contributed by atoms with van der Waals surface area (Å²) in [6.45, 7) is 5.87. The van der Waals surface area contributed by atoms with Crippen LogP contribution in [-0.2, 0) is 4.79 Å². The number of hydrogen-bond acceptors (Lipinski definition) is 5. The molecule has 7 heteroatoms. The van der Waals surface area contributed by atoms with Gasteiger partial charge < -0.3 is 15.3 Å². The summed E-state index contributed by atoms with van der Waals surface area (Å²) in [4.78, 5) is 19.3. The van der Waals surface area contributed by atoms with Gasteiger partial charge in [-0.15, -0.1) is 0 Å². The first kappa shape index (κ1) is 19.5. The second-order valence-electron chi connectivity index (χ2n) is 5.88. The Morgan fingerprint density at radius 1 is 1.22 bits per heavy atom. The number of amides is 1. The molecular weight excluding hydrogens is 426 g/mol. The lowest BCUT2D eigenvalue weighted by Gasteiger charge is -2.21. The third-order valence-corrected chi connectivity index (χ3v) is 5.52. The summed E-state index contributed by atoms with van der Waals surface area (Å²) in [6, 6.07) is 13.0. The Labute approximate surface area is 171 Å². The summed E-state index contributed by atoms with van der Waals surface area (Å²) < 4.78 is 0.924. The minimum absolute atomic E-state index is 0.151. The molecule has 1 fully saturated rings. The smallest absolute Gasteiger partial charge is 0.264 e. The number of carbonyl (C=O) groups is 1. The molecule has 2 aromatic carbocycles. The van der Waals surface area contributed by atoms with Crippen LogP contribution in [0.3, 0.4) is 0 Å². The van der Waals surface area contributed by atoms with Gasteiger partial charge in [-0.1, -0.05) is 22.0 Å². The largest absolute Gasteiger partial charge is 0.507 e. The van der Waals surface area contributed by atoms with Crippen LogP contribution in [0.4, 0.5) is 11.4 Å². The number of thioether (sulfide) groups is 1. The fourth-order valence-electron chi connectivity index (χ4n) is 2.72. The van der Waals surface area contributed by atoms with Crippen LogP contribution >= 0.6 is 27.7 Å². The van der Waals surface area contributed by atoms with Crippen molar-refractivity contribution in [2.45, 2.75) is 13.8 Å². The maximum Gasteiger partial charge on any atom is 0.264 e. The predicted octanol–water partition coefficient (Wildman–Crippen LogP) is 4.89. The standard InChI is InChI=1S/C20H20BrN3O2S/c1-3-24(4-2)16-9-8-13(17(25)12-16)10-18-19(26)23-20(27-18)22-15-7-5-6-14(21)11-15/h5-12,25H,3-4H2,1-2H3,(H,22,23,26)/b18-10-. The number of aromatic hydroxyl groups is 1. The highest BCUT2D eigenvalue weighted by atomic mass is 79.9. The van der Waals surface area contributed by atoms with E-state index in [2.05, 4.69) is 45.0 Å². The maximum absolute atomic E-state index is 12.2. The molecule has 0 aliphatic carbocycles. The number of phenols is 1. The fraction of sp³-hybridized carbons (Fsp3) is 0.200. The summed E-state index contributed by atoms with van der Waals surface area (Å²) >= 11 is 4.66. The summed E-state index contributed by atoms with van der Waals surface area (Å²) in [5.41, 5.74) is 2.31. The normalized spacial score (nSPS) is 16.8. The van der Waals surface area contributed by atoms with Gasteiger partial charge in [0.05, 0.1) is 10.6 Å². The number of amidine groups is 1. The van der Waals surface area contributed by atoms with E-state index in [-0.39, 0.29) is 11.7 Å². The van der Waals surface area contributed by atoms with Crippen LogP contribution in [0.5, 0.6) is 5.75 Å². The number of carbonyl (C=O) groups excluding carboxylic acids is 1. The topological polar surface area (TPSA) is 64.9 Å². The zero-order valence-corrected chi connectivity index (χ0v) is 17.5. The van der Waals surface area contributed by atoms with Crippen LogP contribution < -0.4 is 10.2 Å². The minimum atomic E-state index is -0.221.